The van der Waals surface area contributed by atoms with E-state index in [9.17, 15) is 19.2 Å². The molecule has 0 bridgehead atoms. The topological polar surface area (TPSA) is 114 Å². The normalized spacial score (nSPS) is 17.5. The molecule has 0 aliphatic carbocycles. The standard InChI is InChI=1S/C19H19N3O5S/c23-15(8-13-6-7-20-18(25)17(13)24)16(14-9-21-28-11-14)22-19(26)27-10-12-4-2-1-3-5-12/h1-5,9,11,13,16H,6-8,10H2,(H,20,25)(H,22,26). The van der Waals surface area contributed by atoms with Gasteiger partial charge in [-0.25, -0.2) is 9.17 Å². The fourth-order valence-corrected chi connectivity index (χ4v) is 3.47. The first-order valence-corrected chi connectivity index (χ1v) is 9.59. The number of rotatable bonds is 7. The van der Waals surface area contributed by atoms with Crippen LogP contribution >= 0.6 is 11.5 Å². The van der Waals surface area contributed by atoms with E-state index in [4.69, 9.17) is 4.74 Å². The number of hydrogen-bond acceptors (Lipinski definition) is 7. The average Bonchev–Trinajstić information content (AvgIpc) is 3.23. The molecule has 146 valence electrons. The molecule has 0 spiro atoms. The van der Waals surface area contributed by atoms with Crippen LogP contribution in [0.15, 0.2) is 41.9 Å². The predicted octanol–water partition coefficient (Wildman–Crippen LogP) is 1.77. The van der Waals surface area contributed by atoms with Gasteiger partial charge < -0.3 is 15.4 Å². The van der Waals surface area contributed by atoms with Crippen molar-refractivity contribution in [3.63, 3.8) is 0 Å². The van der Waals surface area contributed by atoms with Crippen LogP contribution in [0.4, 0.5) is 4.79 Å². The maximum Gasteiger partial charge on any atom is 0.408 e. The molecule has 3 rings (SSSR count). The third-order valence-corrected chi connectivity index (χ3v) is 5.01. The number of aromatic nitrogens is 1. The lowest BCUT2D eigenvalue weighted by atomic mass is 9.88. The molecular formula is C19H19N3O5S. The number of benzene rings is 1. The number of nitrogens with zero attached hydrogens (tertiary/aromatic N) is 1. The van der Waals surface area contributed by atoms with Gasteiger partial charge in [0.05, 0.1) is 0 Å². The maximum atomic E-state index is 12.8. The fourth-order valence-electron chi connectivity index (χ4n) is 2.91. The summed E-state index contributed by atoms with van der Waals surface area (Å²) >= 11 is 1.14. The largest absolute Gasteiger partial charge is 0.445 e. The van der Waals surface area contributed by atoms with Crippen molar-refractivity contribution in [3.8, 4) is 0 Å². The van der Waals surface area contributed by atoms with Crippen LogP contribution in [0.5, 0.6) is 0 Å². The lowest BCUT2D eigenvalue weighted by Crippen LogP contribution is -2.44. The number of alkyl carbamates (subject to hydrolysis) is 1. The molecule has 1 aliphatic heterocycles. The van der Waals surface area contributed by atoms with E-state index in [1.807, 2.05) is 30.3 Å². The van der Waals surface area contributed by atoms with Crippen molar-refractivity contribution in [3.05, 3.63) is 53.0 Å². The number of amides is 2. The average molecular weight is 401 g/mol. The van der Waals surface area contributed by atoms with E-state index in [0.29, 0.717) is 18.5 Å². The summed E-state index contributed by atoms with van der Waals surface area (Å²) < 4.78 is 9.15. The van der Waals surface area contributed by atoms with E-state index in [1.165, 1.54) is 6.20 Å². The quantitative estimate of drug-likeness (QED) is 0.684. The van der Waals surface area contributed by atoms with Crippen LogP contribution in [-0.4, -0.2) is 34.5 Å². The molecular weight excluding hydrogens is 382 g/mol. The second kappa shape index (κ2) is 9.23. The van der Waals surface area contributed by atoms with E-state index in [-0.39, 0.29) is 18.8 Å². The molecule has 2 heterocycles. The highest BCUT2D eigenvalue weighted by atomic mass is 32.1. The zero-order chi connectivity index (χ0) is 19.9. The summed E-state index contributed by atoms with van der Waals surface area (Å²) in [6.45, 7) is 0.413. The number of ether oxygens (including phenoxy) is 1. The minimum absolute atomic E-state index is 0.0662. The van der Waals surface area contributed by atoms with Gasteiger partial charge >= 0.3 is 6.09 Å². The maximum absolute atomic E-state index is 12.8. The first kappa shape index (κ1) is 19.7. The van der Waals surface area contributed by atoms with Gasteiger partial charge in [0.2, 0.25) is 5.78 Å². The van der Waals surface area contributed by atoms with Crippen LogP contribution in [0.3, 0.4) is 0 Å². The minimum Gasteiger partial charge on any atom is -0.445 e. The van der Waals surface area contributed by atoms with Crippen LogP contribution in [0.2, 0.25) is 0 Å². The summed E-state index contributed by atoms with van der Waals surface area (Å²) in [7, 11) is 0. The smallest absolute Gasteiger partial charge is 0.408 e. The van der Waals surface area contributed by atoms with E-state index >= 15 is 0 Å². The van der Waals surface area contributed by atoms with Gasteiger partial charge in [0.1, 0.15) is 12.6 Å². The predicted molar refractivity (Wildman–Crippen MR) is 100 cm³/mol. The Hall–Kier alpha value is -3.07. The van der Waals surface area contributed by atoms with Crippen LogP contribution in [0.1, 0.15) is 30.0 Å². The first-order valence-electron chi connectivity index (χ1n) is 8.76. The monoisotopic (exact) mass is 401 g/mol. The number of ketones is 2. The fraction of sp³-hybridized carbons (Fsp3) is 0.316. The van der Waals surface area contributed by atoms with Crippen LogP contribution in [0.25, 0.3) is 0 Å². The molecule has 1 saturated heterocycles. The summed E-state index contributed by atoms with van der Waals surface area (Å²) in [5, 5.41) is 6.66. The van der Waals surface area contributed by atoms with Crippen molar-refractivity contribution in [1.29, 1.82) is 0 Å². The minimum atomic E-state index is -0.986. The molecule has 1 aromatic carbocycles. The number of Topliss-reactive ketones (excluding diaryl/α,β-unsaturated/α-hetero) is 2. The molecule has 1 aromatic heterocycles. The third-order valence-electron chi connectivity index (χ3n) is 4.40. The molecule has 0 radical (unpaired) electrons. The van der Waals surface area contributed by atoms with Crippen LogP contribution in [0, 0.1) is 5.92 Å². The molecule has 2 N–H and O–H groups in total. The molecule has 8 nitrogen and oxygen atoms in total. The zero-order valence-corrected chi connectivity index (χ0v) is 15.7. The Morgan fingerprint density at radius 1 is 1.29 bits per heavy atom. The second-order valence-electron chi connectivity index (χ2n) is 6.37. The highest BCUT2D eigenvalue weighted by molar-refractivity contribution is 7.03. The number of carbonyl (C=O) groups excluding carboxylic acids is 4. The van der Waals surface area contributed by atoms with Gasteiger partial charge in [0, 0.05) is 36.0 Å². The molecule has 2 unspecified atom stereocenters. The third kappa shape index (κ3) is 5.01. The SMILES string of the molecule is O=C(NC(C(=O)CC1CCNC(=O)C1=O)c1cnsc1)OCc1ccccc1. The Balaban J connectivity index is 1.64. The molecule has 2 atom stereocenters. The Morgan fingerprint density at radius 2 is 2.07 bits per heavy atom. The molecule has 2 aromatic rings. The molecule has 9 heteroatoms. The molecule has 28 heavy (non-hydrogen) atoms. The summed E-state index contributed by atoms with van der Waals surface area (Å²) in [4.78, 5) is 48.5. The van der Waals surface area contributed by atoms with Gasteiger partial charge in [-0.3, -0.25) is 14.4 Å². The Labute approximate surface area is 165 Å². The molecule has 2 amide bonds. The van der Waals surface area contributed by atoms with Crippen molar-refractivity contribution >= 4 is 35.1 Å². The molecule has 1 aliphatic rings. The highest BCUT2D eigenvalue weighted by Crippen LogP contribution is 2.22. The van der Waals surface area contributed by atoms with Gasteiger partial charge in [0.15, 0.2) is 5.78 Å². The van der Waals surface area contributed by atoms with Crippen molar-refractivity contribution in [1.82, 2.24) is 15.0 Å². The van der Waals surface area contributed by atoms with Crippen molar-refractivity contribution in [2.75, 3.05) is 6.54 Å². The Kier molecular flexibility index (Phi) is 6.49. The van der Waals surface area contributed by atoms with Crippen molar-refractivity contribution < 1.29 is 23.9 Å². The summed E-state index contributed by atoms with van der Waals surface area (Å²) in [6.07, 6.45) is 0.996. The van der Waals surface area contributed by atoms with Crippen molar-refractivity contribution in [2.24, 2.45) is 5.92 Å². The van der Waals surface area contributed by atoms with Gasteiger partial charge in [-0.1, -0.05) is 30.3 Å². The first-order chi connectivity index (χ1) is 13.5. The summed E-state index contributed by atoms with van der Waals surface area (Å²) in [6, 6.07) is 8.17. The van der Waals surface area contributed by atoms with Gasteiger partial charge in [-0.15, -0.1) is 0 Å². The lowest BCUT2D eigenvalue weighted by molar-refractivity contribution is -0.143. The number of hydrogen-bond donors (Lipinski definition) is 2. The Bertz CT molecular complexity index is 854. The number of carbonyl (C=O) groups is 4. The van der Waals surface area contributed by atoms with Gasteiger partial charge in [0.25, 0.3) is 5.91 Å². The molecule has 1 fully saturated rings. The second-order valence-corrected chi connectivity index (χ2v) is 7.03. The summed E-state index contributed by atoms with van der Waals surface area (Å²) in [5.74, 6) is -2.33. The van der Waals surface area contributed by atoms with E-state index < -0.39 is 29.7 Å². The number of piperidine rings is 1. The van der Waals surface area contributed by atoms with E-state index in [0.717, 1.165) is 17.1 Å². The Morgan fingerprint density at radius 3 is 2.79 bits per heavy atom. The van der Waals surface area contributed by atoms with Gasteiger partial charge in [-0.2, -0.15) is 0 Å². The van der Waals surface area contributed by atoms with Crippen LogP contribution < -0.4 is 10.6 Å². The van der Waals surface area contributed by atoms with E-state index in [2.05, 4.69) is 15.0 Å². The molecule has 0 saturated carbocycles. The summed E-state index contributed by atoms with van der Waals surface area (Å²) in [5.41, 5.74) is 1.33. The zero-order valence-electron chi connectivity index (χ0n) is 14.9. The van der Waals surface area contributed by atoms with Gasteiger partial charge in [-0.05, 0) is 23.5 Å². The number of nitrogens with one attached hydrogen (secondary N) is 2. The van der Waals surface area contributed by atoms with E-state index in [1.54, 1.807) is 5.38 Å². The van der Waals surface area contributed by atoms with Crippen molar-refractivity contribution in [2.45, 2.75) is 25.5 Å². The van der Waals surface area contributed by atoms with Crippen LogP contribution in [-0.2, 0) is 25.7 Å². The highest BCUT2D eigenvalue weighted by Gasteiger charge is 2.34. The lowest BCUT2D eigenvalue weighted by Gasteiger charge is -2.22.